The highest BCUT2D eigenvalue weighted by molar-refractivity contribution is 9.11. The van der Waals surface area contributed by atoms with Gasteiger partial charge >= 0.3 is 0 Å². The van der Waals surface area contributed by atoms with Crippen molar-refractivity contribution in [1.82, 2.24) is 4.98 Å². The van der Waals surface area contributed by atoms with Crippen molar-refractivity contribution in [3.8, 4) is 0 Å². The molecule has 2 rings (SSSR count). The first-order valence-electron chi connectivity index (χ1n) is 5.57. The Kier molecular flexibility index (Phi) is 4.51. The van der Waals surface area contributed by atoms with Gasteiger partial charge in [-0.3, -0.25) is 4.98 Å². The highest BCUT2D eigenvalue weighted by Crippen LogP contribution is 2.33. The van der Waals surface area contributed by atoms with E-state index in [2.05, 4.69) is 36.8 Å². The number of rotatable bonds is 3. The standard InChI is InChI=1S/C14H12Br2FN/c1-9-3-2-6-18-14(9)8-13(16)11-7-10(17)4-5-12(11)15/h2-7,13H,8H2,1H3. The van der Waals surface area contributed by atoms with Gasteiger partial charge in [-0.05, 0) is 42.3 Å². The van der Waals surface area contributed by atoms with Gasteiger partial charge in [0.15, 0.2) is 0 Å². The number of alkyl halides is 1. The number of halogens is 3. The molecule has 18 heavy (non-hydrogen) atoms. The number of aromatic nitrogens is 1. The molecule has 0 radical (unpaired) electrons. The Morgan fingerprint density at radius 3 is 2.83 bits per heavy atom. The predicted octanol–water partition coefficient (Wildman–Crippen LogP) is 4.97. The third kappa shape index (κ3) is 3.18. The van der Waals surface area contributed by atoms with Gasteiger partial charge in [0.1, 0.15) is 5.82 Å². The summed E-state index contributed by atoms with van der Waals surface area (Å²) in [4.78, 5) is 4.39. The zero-order chi connectivity index (χ0) is 13.1. The third-order valence-corrected chi connectivity index (χ3v) is 4.33. The summed E-state index contributed by atoms with van der Waals surface area (Å²) in [7, 11) is 0. The molecule has 0 fully saturated rings. The third-order valence-electron chi connectivity index (χ3n) is 2.79. The smallest absolute Gasteiger partial charge is 0.123 e. The van der Waals surface area contributed by atoms with Crippen LogP contribution in [0.15, 0.2) is 41.0 Å². The Labute approximate surface area is 123 Å². The van der Waals surface area contributed by atoms with Gasteiger partial charge in [-0.2, -0.15) is 0 Å². The molecule has 0 saturated heterocycles. The summed E-state index contributed by atoms with van der Waals surface area (Å²) < 4.78 is 14.2. The van der Waals surface area contributed by atoms with E-state index in [1.807, 2.05) is 19.1 Å². The molecule has 4 heteroatoms. The topological polar surface area (TPSA) is 12.9 Å². The van der Waals surface area contributed by atoms with Crippen LogP contribution in [0.4, 0.5) is 4.39 Å². The largest absolute Gasteiger partial charge is 0.261 e. The Balaban J connectivity index is 2.25. The molecular weight excluding hydrogens is 361 g/mol. The van der Waals surface area contributed by atoms with Crippen LogP contribution in [0.2, 0.25) is 0 Å². The number of hydrogen-bond donors (Lipinski definition) is 0. The van der Waals surface area contributed by atoms with Crippen molar-refractivity contribution in [2.24, 2.45) is 0 Å². The summed E-state index contributed by atoms with van der Waals surface area (Å²) in [5.74, 6) is -0.226. The molecule has 1 unspecified atom stereocenters. The van der Waals surface area contributed by atoms with Crippen molar-refractivity contribution in [3.63, 3.8) is 0 Å². The molecule has 1 nitrogen and oxygen atoms in total. The molecule has 0 bridgehead atoms. The van der Waals surface area contributed by atoms with E-state index in [0.29, 0.717) is 0 Å². The second kappa shape index (κ2) is 5.93. The monoisotopic (exact) mass is 371 g/mol. The maximum atomic E-state index is 13.3. The number of benzene rings is 1. The summed E-state index contributed by atoms with van der Waals surface area (Å²) in [6.07, 6.45) is 2.51. The minimum Gasteiger partial charge on any atom is -0.261 e. The predicted molar refractivity (Wildman–Crippen MR) is 78.4 cm³/mol. The molecule has 2 aromatic rings. The van der Waals surface area contributed by atoms with E-state index in [1.54, 1.807) is 18.3 Å². The first-order valence-corrected chi connectivity index (χ1v) is 7.28. The lowest BCUT2D eigenvalue weighted by Crippen LogP contribution is -2.01. The lowest BCUT2D eigenvalue weighted by atomic mass is 10.1. The summed E-state index contributed by atoms with van der Waals surface area (Å²) in [6, 6.07) is 8.66. The molecular formula is C14H12Br2FN. The Hall–Kier alpha value is -0.740. The Bertz CT molecular complexity index is 557. The molecule has 0 amide bonds. The van der Waals surface area contributed by atoms with Gasteiger partial charge < -0.3 is 0 Å². The van der Waals surface area contributed by atoms with Crippen LogP contribution in [0.1, 0.15) is 21.6 Å². The van der Waals surface area contributed by atoms with Gasteiger partial charge in [0.05, 0.1) is 0 Å². The maximum Gasteiger partial charge on any atom is 0.123 e. The second-order valence-corrected chi connectivity index (χ2v) is 6.06. The normalized spacial score (nSPS) is 12.4. The van der Waals surface area contributed by atoms with E-state index in [9.17, 15) is 4.39 Å². The van der Waals surface area contributed by atoms with Crippen molar-refractivity contribution in [2.75, 3.05) is 0 Å². The summed E-state index contributed by atoms with van der Waals surface area (Å²) in [6.45, 7) is 2.03. The van der Waals surface area contributed by atoms with E-state index in [1.165, 1.54) is 6.07 Å². The molecule has 0 aliphatic carbocycles. The van der Waals surface area contributed by atoms with Crippen molar-refractivity contribution >= 4 is 31.9 Å². The van der Waals surface area contributed by atoms with E-state index in [-0.39, 0.29) is 10.6 Å². The van der Waals surface area contributed by atoms with Crippen molar-refractivity contribution in [1.29, 1.82) is 0 Å². The van der Waals surface area contributed by atoms with Gasteiger partial charge in [0.25, 0.3) is 0 Å². The molecule has 0 saturated carbocycles. The lowest BCUT2D eigenvalue weighted by Gasteiger charge is -2.13. The average molecular weight is 373 g/mol. The fourth-order valence-corrected chi connectivity index (χ4v) is 3.28. The van der Waals surface area contributed by atoms with Gasteiger partial charge in [-0.1, -0.05) is 37.9 Å². The average Bonchev–Trinajstić information content (AvgIpc) is 2.35. The van der Waals surface area contributed by atoms with Crippen LogP contribution in [-0.4, -0.2) is 4.98 Å². The van der Waals surface area contributed by atoms with E-state index in [4.69, 9.17) is 0 Å². The van der Waals surface area contributed by atoms with Crippen LogP contribution < -0.4 is 0 Å². The van der Waals surface area contributed by atoms with Gasteiger partial charge in [-0.25, -0.2) is 4.39 Å². The van der Waals surface area contributed by atoms with Crippen molar-refractivity contribution in [3.05, 3.63) is 63.6 Å². The molecule has 94 valence electrons. The lowest BCUT2D eigenvalue weighted by molar-refractivity contribution is 0.624. The quantitative estimate of drug-likeness (QED) is 0.693. The number of aryl methyl sites for hydroxylation is 1. The van der Waals surface area contributed by atoms with Gasteiger partial charge in [0.2, 0.25) is 0 Å². The van der Waals surface area contributed by atoms with Crippen LogP contribution in [0, 0.1) is 12.7 Å². The molecule has 1 atom stereocenters. The number of hydrogen-bond acceptors (Lipinski definition) is 1. The molecule has 0 aliphatic heterocycles. The minimum absolute atomic E-state index is 0.0381. The van der Waals surface area contributed by atoms with Gasteiger partial charge in [0, 0.05) is 27.6 Å². The Morgan fingerprint density at radius 1 is 1.33 bits per heavy atom. The number of nitrogens with zero attached hydrogens (tertiary/aromatic N) is 1. The summed E-state index contributed by atoms with van der Waals surface area (Å²) in [5, 5.41) is 0. The zero-order valence-corrected chi connectivity index (χ0v) is 13.0. The molecule has 0 aliphatic rings. The minimum atomic E-state index is -0.226. The van der Waals surface area contributed by atoms with Crippen LogP contribution in [0.3, 0.4) is 0 Å². The summed E-state index contributed by atoms with van der Waals surface area (Å²) >= 11 is 7.05. The fourth-order valence-electron chi connectivity index (χ4n) is 1.77. The van der Waals surface area contributed by atoms with Crippen LogP contribution in [0.25, 0.3) is 0 Å². The van der Waals surface area contributed by atoms with Crippen LogP contribution in [-0.2, 0) is 6.42 Å². The van der Waals surface area contributed by atoms with Crippen molar-refractivity contribution in [2.45, 2.75) is 18.2 Å². The number of pyridine rings is 1. The highest BCUT2D eigenvalue weighted by atomic mass is 79.9. The van der Waals surface area contributed by atoms with Crippen LogP contribution >= 0.6 is 31.9 Å². The molecule has 1 heterocycles. The van der Waals surface area contributed by atoms with Gasteiger partial charge in [-0.15, -0.1) is 0 Å². The summed E-state index contributed by atoms with van der Waals surface area (Å²) in [5.41, 5.74) is 3.07. The van der Waals surface area contributed by atoms with E-state index < -0.39 is 0 Å². The second-order valence-electron chi connectivity index (χ2n) is 4.10. The van der Waals surface area contributed by atoms with E-state index >= 15 is 0 Å². The van der Waals surface area contributed by atoms with E-state index in [0.717, 1.165) is 27.7 Å². The Morgan fingerprint density at radius 2 is 2.11 bits per heavy atom. The molecule has 1 aromatic carbocycles. The highest BCUT2D eigenvalue weighted by Gasteiger charge is 2.14. The molecule has 0 spiro atoms. The van der Waals surface area contributed by atoms with Crippen LogP contribution in [0.5, 0.6) is 0 Å². The first kappa shape index (κ1) is 13.7. The first-order chi connectivity index (χ1) is 8.58. The SMILES string of the molecule is Cc1cccnc1CC(Br)c1cc(F)ccc1Br. The maximum absolute atomic E-state index is 13.3. The fraction of sp³-hybridized carbons (Fsp3) is 0.214. The molecule has 0 N–H and O–H groups in total. The zero-order valence-electron chi connectivity index (χ0n) is 9.83. The van der Waals surface area contributed by atoms with Crippen molar-refractivity contribution < 1.29 is 4.39 Å². The molecule has 1 aromatic heterocycles.